The number of nitro benzene ring substituents is 1. The van der Waals surface area contributed by atoms with Crippen molar-refractivity contribution in [1.82, 2.24) is 0 Å². The monoisotopic (exact) mass is 261 g/mol. The van der Waals surface area contributed by atoms with E-state index in [2.05, 4.69) is 5.32 Å². The second-order valence-electron chi connectivity index (χ2n) is 4.56. The number of hydrogen-bond acceptors (Lipinski definition) is 5. The molecule has 1 N–H and O–H groups in total. The number of nitrogens with zero attached hydrogens (tertiary/aromatic N) is 2. The molecular formula is C13H15N3O3. The molecule has 0 saturated carbocycles. The fraction of sp³-hybridized carbons (Fsp3) is 0.462. The van der Waals surface area contributed by atoms with E-state index in [1.807, 2.05) is 6.07 Å². The fourth-order valence-electron chi connectivity index (χ4n) is 2.13. The van der Waals surface area contributed by atoms with E-state index in [1.165, 1.54) is 12.1 Å². The molecule has 0 amide bonds. The largest absolute Gasteiger partial charge is 0.385 e. The van der Waals surface area contributed by atoms with Crippen LogP contribution in [0.3, 0.4) is 0 Å². The molecule has 6 heteroatoms. The number of benzene rings is 1. The van der Waals surface area contributed by atoms with Crippen molar-refractivity contribution in [2.45, 2.75) is 12.8 Å². The van der Waals surface area contributed by atoms with Gasteiger partial charge in [-0.05, 0) is 30.9 Å². The van der Waals surface area contributed by atoms with Crippen molar-refractivity contribution >= 4 is 11.4 Å². The summed E-state index contributed by atoms with van der Waals surface area (Å²) < 4.78 is 5.38. The first-order valence-corrected chi connectivity index (χ1v) is 6.21. The predicted molar refractivity (Wildman–Crippen MR) is 69.8 cm³/mol. The molecule has 1 aromatic carbocycles. The Morgan fingerprint density at radius 2 is 2.42 bits per heavy atom. The first-order chi connectivity index (χ1) is 9.20. The Hall–Kier alpha value is -2.13. The number of nitriles is 1. The quantitative estimate of drug-likeness (QED) is 0.663. The summed E-state index contributed by atoms with van der Waals surface area (Å²) in [5.41, 5.74) is 0.650. The molecule has 0 radical (unpaired) electrons. The molecule has 1 saturated heterocycles. The van der Waals surface area contributed by atoms with Crippen molar-refractivity contribution in [3.63, 3.8) is 0 Å². The molecule has 1 aliphatic heterocycles. The van der Waals surface area contributed by atoms with Crippen molar-refractivity contribution in [2.75, 3.05) is 25.1 Å². The number of ether oxygens (including phenoxy) is 1. The second-order valence-corrected chi connectivity index (χ2v) is 4.56. The number of anilines is 1. The average Bonchev–Trinajstić information content (AvgIpc) is 2.45. The summed E-state index contributed by atoms with van der Waals surface area (Å²) in [5.74, 6) is 0.453. The van der Waals surface area contributed by atoms with Gasteiger partial charge in [0.15, 0.2) is 0 Å². The molecule has 6 nitrogen and oxygen atoms in total. The highest BCUT2D eigenvalue weighted by Gasteiger charge is 2.16. The molecule has 1 atom stereocenters. The molecule has 0 aliphatic carbocycles. The molecule has 100 valence electrons. The maximum absolute atomic E-state index is 10.7. The fourth-order valence-corrected chi connectivity index (χ4v) is 2.13. The normalized spacial score (nSPS) is 18.6. The van der Waals surface area contributed by atoms with E-state index in [-0.39, 0.29) is 11.3 Å². The van der Waals surface area contributed by atoms with Gasteiger partial charge in [-0.2, -0.15) is 5.26 Å². The minimum absolute atomic E-state index is 0.0786. The summed E-state index contributed by atoms with van der Waals surface area (Å²) in [4.78, 5) is 10.2. The Morgan fingerprint density at radius 3 is 3.05 bits per heavy atom. The molecule has 19 heavy (non-hydrogen) atoms. The number of hydrogen-bond donors (Lipinski definition) is 1. The first kappa shape index (κ1) is 13.3. The van der Waals surface area contributed by atoms with Gasteiger partial charge < -0.3 is 10.1 Å². The molecule has 1 aromatic rings. The summed E-state index contributed by atoms with van der Waals surface area (Å²) in [6.45, 7) is 2.32. The summed E-state index contributed by atoms with van der Waals surface area (Å²) in [5, 5.41) is 22.8. The van der Waals surface area contributed by atoms with E-state index in [0.29, 0.717) is 5.92 Å². The van der Waals surface area contributed by atoms with E-state index in [1.54, 1.807) is 6.07 Å². The van der Waals surface area contributed by atoms with Gasteiger partial charge in [0.05, 0.1) is 11.5 Å². The number of nitro groups is 1. The molecule has 1 heterocycles. The van der Waals surface area contributed by atoms with Crippen LogP contribution in [0, 0.1) is 27.4 Å². The third-order valence-electron chi connectivity index (χ3n) is 3.16. The SMILES string of the molecule is N#Cc1cc(NCC2CCCOC2)ccc1[N+](=O)[O-]. The Labute approximate surface area is 111 Å². The van der Waals surface area contributed by atoms with Gasteiger partial charge in [0.1, 0.15) is 11.6 Å². The highest BCUT2D eigenvalue weighted by atomic mass is 16.6. The van der Waals surface area contributed by atoms with Gasteiger partial charge in [0, 0.05) is 24.9 Å². The van der Waals surface area contributed by atoms with Crippen molar-refractivity contribution in [1.29, 1.82) is 5.26 Å². The highest BCUT2D eigenvalue weighted by Crippen LogP contribution is 2.22. The molecule has 0 bridgehead atoms. The van der Waals surface area contributed by atoms with Crippen molar-refractivity contribution in [3.05, 3.63) is 33.9 Å². The third-order valence-corrected chi connectivity index (χ3v) is 3.16. The Morgan fingerprint density at radius 1 is 1.58 bits per heavy atom. The zero-order chi connectivity index (χ0) is 13.7. The molecule has 1 fully saturated rings. The molecular weight excluding hydrogens is 246 g/mol. The van der Waals surface area contributed by atoms with Crippen LogP contribution in [0.4, 0.5) is 11.4 Å². The minimum atomic E-state index is -0.544. The van der Waals surface area contributed by atoms with E-state index in [9.17, 15) is 10.1 Å². The van der Waals surface area contributed by atoms with Gasteiger partial charge >= 0.3 is 0 Å². The van der Waals surface area contributed by atoms with Gasteiger partial charge in [-0.15, -0.1) is 0 Å². The third kappa shape index (κ3) is 3.42. The van der Waals surface area contributed by atoms with Crippen LogP contribution in [0.5, 0.6) is 0 Å². The van der Waals surface area contributed by atoms with Gasteiger partial charge in [0.2, 0.25) is 0 Å². The van der Waals surface area contributed by atoms with E-state index in [4.69, 9.17) is 10.00 Å². The van der Waals surface area contributed by atoms with Crippen LogP contribution in [0.1, 0.15) is 18.4 Å². The lowest BCUT2D eigenvalue weighted by atomic mass is 10.0. The van der Waals surface area contributed by atoms with E-state index in [0.717, 1.165) is 38.3 Å². The predicted octanol–water partition coefficient (Wildman–Crippen LogP) is 2.30. The smallest absolute Gasteiger partial charge is 0.287 e. The Bertz CT molecular complexity index is 504. The molecule has 0 spiro atoms. The van der Waals surface area contributed by atoms with Crippen LogP contribution in [-0.4, -0.2) is 24.7 Å². The maximum atomic E-state index is 10.7. The topological polar surface area (TPSA) is 88.2 Å². The van der Waals surface area contributed by atoms with Gasteiger partial charge in [0.25, 0.3) is 5.69 Å². The lowest BCUT2D eigenvalue weighted by Crippen LogP contribution is -2.24. The van der Waals surface area contributed by atoms with Crippen LogP contribution in [-0.2, 0) is 4.74 Å². The summed E-state index contributed by atoms with van der Waals surface area (Å²) >= 11 is 0. The van der Waals surface area contributed by atoms with Crippen LogP contribution in [0.25, 0.3) is 0 Å². The van der Waals surface area contributed by atoms with E-state index < -0.39 is 4.92 Å². The van der Waals surface area contributed by atoms with E-state index >= 15 is 0 Å². The lowest BCUT2D eigenvalue weighted by molar-refractivity contribution is -0.385. The zero-order valence-corrected chi connectivity index (χ0v) is 10.5. The number of nitrogens with one attached hydrogen (secondary N) is 1. The Kier molecular flexibility index (Phi) is 4.31. The molecule has 0 aromatic heterocycles. The van der Waals surface area contributed by atoms with Crippen LogP contribution >= 0.6 is 0 Å². The minimum Gasteiger partial charge on any atom is -0.385 e. The Balaban J connectivity index is 2.01. The van der Waals surface area contributed by atoms with Gasteiger partial charge in [-0.3, -0.25) is 10.1 Å². The average molecular weight is 261 g/mol. The highest BCUT2D eigenvalue weighted by molar-refractivity contribution is 5.58. The second kappa shape index (κ2) is 6.16. The molecule has 1 unspecified atom stereocenters. The van der Waals surface area contributed by atoms with Crippen molar-refractivity contribution < 1.29 is 9.66 Å². The first-order valence-electron chi connectivity index (χ1n) is 6.21. The molecule has 1 aliphatic rings. The summed E-state index contributed by atoms with van der Waals surface area (Å²) in [7, 11) is 0. The zero-order valence-electron chi connectivity index (χ0n) is 10.5. The van der Waals surface area contributed by atoms with Crippen LogP contribution in [0.15, 0.2) is 18.2 Å². The number of rotatable bonds is 4. The summed E-state index contributed by atoms with van der Waals surface area (Å²) in [6.07, 6.45) is 2.18. The van der Waals surface area contributed by atoms with Crippen molar-refractivity contribution in [3.8, 4) is 6.07 Å². The van der Waals surface area contributed by atoms with Crippen LogP contribution < -0.4 is 5.32 Å². The summed E-state index contributed by atoms with van der Waals surface area (Å²) in [6, 6.07) is 6.35. The lowest BCUT2D eigenvalue weighted by Gasteiger charge is -2.22. The van der Waals surface area contributed by atoms with Gasteiger partial charge in [-0.25, -0.2) is 0 Å². The maximum Gasteiger partial charge on any atom is 0.287 e. The van der Waals surface area contributed by atoms with Gasteiger partial charge in [-0.1, -0.05) is 0 Å². The standard InChI is InChI=1S/C13H15N3O3/c14-7-11-6-12(3-4-13(11)16(17)18)15-8-10-2-1-5-19-9-10/h3-4,6,10,15H,1-2,5,8-9H2. The molecule has 2 rings (SSSR count). The van der Waals surface area contributed by atoms with Crippen molar-refractivity contribution in [2.24, 2.45) is 5.92 Å². The van der Waals surface area contributed by atoms with Crippen LogP contribution in [0.2, 0.25) is 0 Å².